The Morgan fingerprint density at radius 1 is 0.971 bits per heavy atom. The lowest BCUT2D eigenvalue weighted by Gasteiger charge is -2.06. The van der Waals surface area contributed by atoms with Gasteiger partial charge in [-0.2, -0.15) is 0 Å². The first-order valence-corrected chi connectivity index (χ1v) is 12.6. The van der Waals surface area contributed by atoms with Crippen molar-refractivity contribution in [1.29, 1.82) is 0 Å². The third-order valence-electron chi connectivity index (χ3n) is 5.45. The molecule has 0 spiro atoms. The number of nitrogens with one attached hydrogen (secondary N) is 1. The molecule has 0 aliphatic carbocycles. The van der Waals surface area contributed by atoms with E-state index in [0.29, 0.717) is 34.5 Å². The predicted molar refractivity (Wildman–Crippen MR) is 135 cm³/mol. The Morgan fingerprint density at radius 2 is 1.65 bits per heavy atom. The number of halogens is 1. The summed E-state index contributed by atoms with van der Waals surface area (Å²) in [6.07, 6.45) is 0.726. The fraction of sp³-hybridized carbons (Fsp3) is 0.185. The van der Waals surface area contributed by atoms with E-state index >= 15 is 0 Å². The number of carbonyl (C=O) groups is 1. The Kier molecular flexibility index (Phi) is 7.60. The third-order valence-corrected chi connectivity index (χ3v) is 7.04. The normalized spacial score (nSPS) is 11.9. The largest absolute Gasteiger partial charge is 0.441 e. The number of oxazole rings is 1. The molecule has 1 N–H and O–H groups in total. The minimum absolute atomic E-state index is 0.140. The number of hydrogen-bond donors (Lipinski definition) is 1. The van der Waals surface area contributed by atoms with E-state index in [2.05, 4.69) is 10.3 Å². The molecule has 4 rings (SSSR count). The van der Waals surface area contributed by atoms with Crippen LogP contribution < -0.4 is 5.32 Å². The summed E-state index contributed by atoms with van der Waals surface area (Å²) in [5.41, 5.74) is 4.22. The quantitative estimate of drug-likeness (QED) is 0.333. The van der Waals surface area contributed by atoms with Crippen molar-refractivity contribution in [1.82, 2.24) is 10.3 Å². The van der Waals surface area contributed by atoms with Crippen LogP contribution in [0.1, 0.15) is 32.9 Å². The second kappa shape index (κ2) is 10.8. The van der Waals surface area contributed by atoms with Gasteiger partial charge >= 0.3 is 0 Å². The molecular weight excluding hydrogens is 468 g/mol. The number of carbonyl (C=O) groups excluding carboxylic acids is 1. The van der Waals surface area contributed by atoms with Gasteiger partial charge in [0.05, 0.1) is 22.2 Å². The lowest BCUT2D eigenvalue weighted by Crippen LogP contribution is -2.25. The van der Waals surface area contributed by atoms with Gasteiger partial charge in [-0.25, -0.2) is 4.98 Å². The van der Waals surface area contributed by atoms with E-state index in [1.54, 1.807) is 24.3 Å². The molecule has 0 aliphatic rings. The van der Waals surface area contributed by atoms with Crippen LogP contribution in [-0.4, -0.2) is 21.6 Å². The molecule has 0 bridgehead atoms. The fourth-order valence-corrected chi connectivity index (χ4v) is 4.67. The van der Waals surface area contributed by atoms with Gasteiger partial charge in [0.25, 0.3) is 5.91 Å². The average Bonchev–Trinajstić information content (AvgIpc) is 3.20. The number of aromatic nitrogens is 1. The molecule has 0 fully saturated rings. The first kappa shape index (κ1) is 23.9. The number of rotatable bonds is 8. The second-order valence-corrected chi connectivity index (χ2v) is 9.92. The van der Waals surface area contributed by atoms with Crippen LogP contribution in [-0.2, 0) is 23.0 Å². The predicted octanol–water partition coefficient (Wildman–Crippen LogP) is 5.89. The van der Waals surface area contributed by atoms with Gasteiger partial charge < -0.3 is 9.73 Å². The molecule has 0 saturated carbocycles. The molecule has 1 aromatic heterocycles. The van der Waals surface area contributed by atoms with Gasteiger partial charge in [-0.1, -0.05) is 41.4 Å². The minimum atomic E-state index is -1.21. The summed E-state index contributed by atoms with van der Waals surface area (Å²) in [5.74, 6) is 1.23. The molecule has 0 aliphatic heterocycles. The van der Waals surface area contributed by atoms with Crippen LogP contribution in [0.2, 0.25) is 5.02 Å². The van der Waals surface area contributed by atoms with Crippen LogP contribution in [0.15, 0.2) is 82.1 Å². The van der Waals surface area contributed by atoms with Gasteiger partial charge in [-0.05, 0) is 74.4 Å². The number of hydrogen-bond acceptors (Lipinski definition) is 4. The highest BCUT2D eigenvalue weighted by Crippen LogP contribution is 2.24. The highest BCUT2D eigenvalue weighted by molar-refractivity contribution is 7.84. The summed E-state index contributed by atoms with van der Waals surface area (Å²) in [6.45, 7) is 4.35. The fourth-order valence-electron chi connectivity index (χ4n) is 3.42. The van der Waals surface area contributed by atoms with Crippen molar-refractivity contribution in [2.45, 2.75) is 30.9 Å². The topological polar surface area (TPSA) is 72.2 Å². The molecule has 174 valence electrons. The minimum Gasteiger partial charge on any atom is -0.441 e. The zero-order chi connectivity index (χ0) is 24.1. The maximum Gasteiger partial charge on any atom is 0.251 e. The maximum absolute atomic E-state index is 12.7. The molecule has 1 unspecified atom stereocenters. The van der Waals surface area contributed by atoms with E-state index in [1.165, 1.54) is 0 Å². The van der Waals surface area contributed by atoms with Gasteiger partial charge in [-0.3, -0.25) is 9.00 Å². The third kappa shape index (κ3) is 6.01. The van der Waals surface area contributed by atoms with Crippen LogP contribution in [0.4, 0.5) is 0 Å². The Morgan fingerprint density at radius 3 is 2.32 bits per heavy atom. The van der Waals surface area contributed by atoms with E-state index < -0.39 is 10.8 Å². The molecule has 1 heterocycles. The molecule has 0 saturated heterocycles. The van der Waals surface area contributed by atoms with Gasteiger partial charge in [0, 0.05) is 27.6 Å². The van der Waals surface area contributed by atoms with Crippen LogP contribution in [0.25, 0.3) is 11.5 Å². The van der Waals surface area contributed by atoms with Crippen LogP contribution in [0.5, 0.6) is 0 Å². The summed E-state index contributed by atoms with van der Waals surface area (Å²) in [4.78, 5) is 17.8. The van der Waals surface area contributed by atoms with E-state index in [0.717, 1.165) is 28.0 Å². The molecule has 34 heavy (non-hydrogen) atoms. The van der Waals surface area contributed by atoms with Gasteiger partial charge in [0.15, 0.2) is 0 Å². The maximum atomic E-state index is 12.7. The Labute approximate surface area is 206 Å². The number of benzene rings is 3. The van der Waals surface area contributed by atoms with Crippen LogP contribution >= 0.6 is 11.6 Å². The van der Waals surface area contributed by atoms with Crippen molar-refractivity contribution in [3.63, 3.8) is 0 Å². The lowest BCUT2D eigenvalue weighted by atomic mass is 10.1. The number of amides is 1. The van der Waals surface area contributed by atoms with E-state index in [1.807, 2.05) is 62.4 Å². The van der Waals surface area contributed by atoms with Crippen molar-refractivity contribution in [3.05, 3.63) is 106 Å². The molecular formula is C27H25ClN2O3S. The van der Waals surface area contributed by atoms with Crippen LogP contribution in [0.3, 0.4) is 0 Å². The first-order valence-electron chi connectivity index (χ1n) is 10.9. The Balaban J connectivity index is 1.36. The standard InChI is InChI=1S/C27H25ClN2O3S/c1-18-3-13-24(14-4-18)34(32)17-25-19(2)33-27(30-25)22-9-7-21(8-10-22)26(31)29-16-15-20-5-11-23(28)12-6-20/h3-14H,15-17H2,1-2H3,(H,29,31). The van der Waals surface area contributed by atoms with Crippen molar-refractivity contribution in [2.75, 3.05) is 6.54 Å². The summed E-state index contributed by atoms with van der Waals surface area (Å²) >= 11 is 5.90. The zero-order valence-electron chi connectivity index (χ0n) is 19.0. The Hall–Kier alpha value is -3.22. The highest BCUT2D eigenvalue weighted by atomic mass is 35.5. The van der Waals surface area contributed by atoms with E-state index in [4.69, 9.17) is 16.0 Å². The van der Waals surface area contributed by atoms with E-state index in [9.17, 15) is 9.00 Å². The van der Waals surface area contributed by atoms with Crippen molar-refractivity contribution in [2.24, 2.45) is 0 Å². The SMILES string of the molecule is Cc1ccc(S(=O)Cc2nc(-c3ccc(C(=O)NCCc4ccc(Cl)cc4)cc3)oc2C)cc1. The van der Waals surface area contributed by atoms with Crippen molar-refractivity contribution >= 4 is 28.3 Å². The Bertz CT molecular complexity index is 1300. The second-order valence-electron chi connectivity index (χ2n) is 8.03. The number of nitrogens with zero attached hydrogens (tertiary/aromatic N) is 1. The summed E-state index contributed by atoms with van der Waals surface area (Å²) in [6, 6.07) is 22.3. The summed E-state index contributed by atoms with van der Waals surface area (Å²) in [5, 5.41) is 3.63. The molecule has 7 heteroatoms. The van der Waals surface area contributed by atoms with Gasteiger partial charge in [0.1, 0.15) is 5.76 Å². The zero-order valence-corrected chi connectivity index (χ0v) is 20.6. The smallest absolute Gasteiger partial charge is 0.251 e. The van der Waals surface area contributed by atoms with Crippen molar-refractivity contribution < 1.29 is 13.4 Å². The molecule has 5 nitrogen and oxygen atoms in total. The highest BCUT2D eigenvalue weighted by Gasteiger charge is 2.16. The first-order chi connectivity index (χ1) is 16.4. The molecule has 1 amide bonds. The number of aryl methyl sites for hydroxylation is 2. The van der Waals surface area contributed by atoms with Gasteiger partial charge in [-0.15, -0.1) is 0 Å². The summed E-state index contributed by atoms with van der Waals surface area (Å²) < 4.78 is 18.5. The monoisotopic (exact) mass is 492 g/mol. The molecule has 0 radical (unpaired) electrons. The molecule has 4 aromatic rings. The molecule has 3 aromatic carbocycles. The lowest BCUT2D eigenvalue weighted by molar-refractivity contribution is 0.0954. The van der Waals surface area contributed by atoms with Gasteiger partial charge in [0.2, 0.25) is 5.89 Å². The van der Waals surface area contributed by atoms with Crippen molar-refractivity contribution in [3.8, 4) is 11.5 Å². The van der Waals surface area contributed by atoms with E-state index in [-0.39, 0.29) is 11.7 Å². The molecule has 1 atom stereocenters. The summed E-state index contributed by atoms with van der Waals surface area (Å²) in [7, 11) is -1.21. The average molecular weight is 493 g/mol. The van der Waals surface area contributed by atoms with Crippen LogP contribution in [0, 0.1) is 13.8 Å².